The zero-order valence-electron chi connectivity index (χ0n) is 77.9. The average molecular weight is 1880 g/mol. The second-order valence-electron chi connectivity index (χ2n) is 35.4. The third-order valence-electron chi connectivity index (χ3n) is 24.2. The molecule has 10 aromatic rings. The van der Waals surface area contributed by atoms with Gasteiger partial charge in [-0.1, -0.05) is 157 Å². The summed E-state index contributed by atoms with van der Waals surface area (Å²) in [6.07, 6.45) is 16.9. The maximum atomic E-state index is 14.5. The van der Waals surface area contributed by atoms with Gasteiger partial charge in [0.1, 0.15) is 40.8 Å². The zero-order chi connectivity index (χ0) is 97.2. The van der Waals surface area contributed by atoms with Gasteiger partial charge in [-0.05, 0) is 178 Å². The van der Waals surface area contributed by atoms with E-state index in [0.29, 0.717) is 79.9 Å². The summed E-state index contributed by atoms with van der Waals surface area (Å²) < 4.78 is 94.7. The van der Waals surface area contributed by atoms with E-state index in [1.807, 2.05) is 165 Å². The number of nitrogens with zero attached hydrogens (tertiary/aromatic N) is 12. The number of Topliss-reactive ketones (excluding diaryl/α,β-unsaturated/α-hetero) is 2. The standard InChI is InChI=1S/C39H42N4O7.C34H39N3O5.C11H16N5O.C8H19N.C5H5NO3.F6P/c1-3-48-38(47)39-21-25(39)13-7-5-4-6-8-18-31(40-35(45)32-19-24(2)50-42-32)37(46)43-23-26(20-33(43)34(44)22-39)49-36-29-16-10-9-14-27(29)28-15-11-12-17-30(28)41-36;1-2-41-33(40)34-19-22(34)12-6-4-3-5-7-16-27(35)32(39)37-21-23(18-29(37)30(38)20-34)42-31-26-15-9-8-13-24(26)25-14-10-11-17-28(25)36-31;1-14(2)11(15(3)4)17-16-10-8-6-5-7-9(10)12-13-16;1-6-9(7(2)3)8(4)5;1-3-2-4(5(7)8)6-9-3;1-7(2,3,4,5)6/h7,9-17,19,25-26,31,33H,3-6,8,18,20-23H2,1-2H3,(H,40,45);6,8-15,17,22-23,27,29H,2-5,7,16,18-21,35H2,1H3;5-8H,1-4H3;7-8H,6H2,1-5H3;2H,1H3,(H,7,8);/q;;+1;;;-1/b13-7-;12-6-;;;;/t25-,26-,31+,33+,39-;22-,23-,27+,29+,34-;;;;/m11..../s1. The summed E-state index contributed by atoms with van der Waals surface area (Å²) in [5.74, 6) is -1.50. The van der Waals surface area contributed by atoms with Crippen molar-refractivity contribution in [3.8, 4) is 11.8 Å². The van der Waals surface area contributed by atoms with Crippen LogP contribution < -0.4 is 25.4 Å². The van der Waals surface area contributed by atoms with E-state index >= 15 is 0 Å². The molecule has 2 aliphatic carbocycles. The number of nitrogens with one attached hydrogen (secondary N) is 1. The number of benzene rings is 5. The van der Waals surface area contributed by atoms with Crippen molar-refractivity contribution in [2.75, 3.05) is 61.0 Å². The molecule has 2 saturated carbocycles. The van der Waals surface area contributed by atoms with E-state index in [1.165, 1.54) is 17.0 Å². The number of carboxylic acid groups (broad SMARTS) is 1. The molecule has 0 radical (unpaired) electrons. The molecule has 9 heterocycles. The van der Waals surface area contributed by atoms with Gasteiger partial charge in [0.2, 0.25) is 23.6 Å². The monoisotopic (exact) mass is 1880 g/mol. The molecule has 4 fully saturated rings. The number of carbonyl (C=O) groups excluding carboxylic acids is 7. The summed E-state index contributed by atoms with van der Waals surface area (Å²) in [4.78, 5) is 131. The summed E-state index contributed by atoms with van der Waals surface area (Å²) in [5.41, 5.74) is 7.86. The molecule has 30 nitrogen and oxygen atoms in total. The maximum absolute atomic E-state index is 14.5. The van der Waals surface area contributed by atoms with Crippen LogP contribution in [0.5, 0.6) is 11.8 Å². The summed E-state index contributed by atoms with van der Waals surface area (Å²) in [6.45, 7) is 20.0. The number of fused-ring (bicyclic) bond motifs is 11. The molecule has 0 bridgehead atoms. The number of hydrogen-bond acceptors (Lipinski definition) is 23. The van der Waals surface area contributed by atoms with Gasteiger partial charge in [0.25, 0.3) is 5.91 Å². The van der Waals surface area contributed by atoms with Crippen LogP contribution in [0.4, 0.5) is 25.2 Å². The van der Waals surface area contributed by atoms with Crippen molar-refractivity contribution in [3.05, 3.63) is 181 Å². The minimum atomic E-state index is -10.7. The molecule has 6 aliphatic rings. The van der Waals surface area contributed by atoms with E-state index in [1.54, 1.807) is 37.5 Å². The molecule has 3 amide bonds. The molecule has 5 aromatic carbocycles. The Kier molecular flexibility index (Phi) is 33.4. The molecule has 2 saturated heterocycles. The number of aromatic carboxylic acids is 1. The van der Waals surface area contributed by atoms with E-state index < -0.39 is 66.9 Å². The normalized spacial score (nSPS) is 23.0. The number of ketones is 2. The van der Waals surface area contributed by atoms with Crippen molar-refractivity contribution in [2.24, 2.45) is 28.4 Å². The Morgan fingerprint density at radius 1 is 0.590 bits per heavy atom. The summed E-state index contributed by atoms with van der Waals surface area (Å²) >= 11 is 0. The first kappa shape index (κ1) is 102. The number of carbonyl (C=O) groups is 8. The van der Waals surface area contributed by atoms with Gasteiger partial charge in [-0.3, -0.25) is 43.3 Å². The topological polar surface area (TPSA) is 366 Å². The number of rotatable bonds is 15. The molecule has 0 unspecified atom stereocenters. The second-order valence-corrected chi connectivity index (χ2v) is 37.3. The number of pyridine rings is 2. The van der Waals surface area contributed by atoms with Crippen LogP contribution in [0.3, 0.4) is 0 Å². The Bertz CT molecular complexity index is 5930. The fourth-order valence-corrected chi connectivity index (χ4v) is 17.7. The van der Waals surface area contributed by atoms with Crippen LogP contribution in [-0.2, 0) is 38.2 Å². The number of amides is 3. The summed E-state index contributed by atoms with van der Waals surface area (Å²) in [7, 11) is -3.01. The number of esters is 2. The Morgan fingerprint density at radius 2 is 1.01 bits per heavy atom. The Balaban J connectivity index is 0.000000182. The van der Waals surface area contributed by atoms with Crippen LogP contribution in [0.15, 0.2) is 167 Å². The Hall–Kier alpha value is -12.3. The molecule has 4 N–H and O–H groups in total. The number of hydrogen-bond donors (Lipinski definition) is 3. The van der Waals surface area contributed by atoms with E-state index in [9.17, 15) is 63.5 Å². The molecular weight excluding hydrogens is 1760 g/mol. The summed E-state index contributed by atoms with van der Waals surface area (Å²) in [6, 6.07) is 41.0. The van der Waals surface area contributed by atoms with Crippen LogP contribution in [0.2, 0.25) is 0 Å². The van der Waals surface area contributed by atoms with Gasteiger partial charge in [0.05, 0.1) is 94.5 Å². The molecule has 722 valence electrons. The van der Waals surface area contributed by atoms with Crippen LogP contribution >= 0.6 is 7.81 Å². The molecule has 4 aliphatic heterocycles. The van der Waals surface area contributed by atoms with Gasteiger partial charge in [-0.25, -0.2) is 24.2 Å². The number of ether oxygens (including phenoxy) is 4. The predicted octanol–water partition coefficient (Wildman–Crippen LogP) is 17.2. The Morgan fingerprint density at radius 3 is 1.43 bits per heavy atom. The van der Waals surface area contributed by atoms with Crippen LogP contribution in [0, 0.1) is 36.5 Å². The minimum absolute atomic E-state index is 0.0290. The average Bonchev–Trinajstić information content (AvgIpc) is 1.58. The first-order valence-corrected chi connectivity index (χ1v) is 47.5. The van der Waals surface area contributed by atoms with Gasteiger partial charge in [0, 0.05) is 71.4 Å². The Labute approximate surface area is 773 Å². The number of para-hydroxylation sites is 3. The van der Waals surface area contributed by atoms with Gasteiger partial charge < -0.3 is 54.0 Å². The number of allylic oxidation sites excluding steroid dienone is 4. The van der Waals surface area contributed by atoms with Crippen LogP contribution in [0.25, 0.3) is 54.4 Å². The predicted molar refractivity (Wildman–Crippen MR) is 495 cm³/mol. The van der Waals surface area contributed by atoms with E-state index in [0.717, 1.165) is 106 Å². The molecule has 16 rings (SSSR count). The number of amidine groups is 1. The molecular formula is C97H121F6N14O16P. The van der Waals surface area contributed by atoms with Crippen molar-refractivity contribution in [2.45, 2.75) is 214 Å². The number of carboxylic acids is 1. The molecule has 134 heavy (non-hydrogen) atoms. The number of aryl methyl sites for hydroxylation is 2. The van der Waals surface area contributed by atoms with Crippen molar-refractivity contribution < 1.29 is 106 Å². The van der Waals surface area contributed by atoms with Crippen molar-refractivity contribution in [1.82, 2.24) is 60.4 Å². The second kappa shape index (κ2) is 43.8. The van der Waals surface area contributed by atoms with Gasteiger partial charge in [-0.15, -0.1) is 5.10 Å². The van der Waals surface area contributed by atoms with Crippen LogP contribution in [-0.4, -0.2) is 227 Å². The number of nitrogens with two attached hydrogens (primary N) is 1. The third kappa shape index (κ3) is 27.0. The molecule has 37 heteroatoms. The van der Waals surface area contributed by atoms with E-state index in [-0.39, 0.29) is 104 Å². The van der Waals surface area contributed by atoms with Crippen molar-refractivity contribution in [1.29, 1.82) is 0 Å². The SMILES string of the molecule is CCN(C(C)C)C(C)C.CCOC(=O)[C@]12CC(=O)[C@@H]3C[C@@H](Oc4nc5ccccc5c5ccccc45)CN3C(=O)[C@@H](N)CCCCC/C=C\[C@@H]1C2.CCOC(=O)[C@]12CC(=O)[C@@H]3C[C@@H](Oc4nc5ccccc5c5ccccc45)CN3C(=O)[C@@H](NC(=O)c3cc(C)on3)CCCCC/C=C\[C@@H]1C2.CN(C)C(On1nnc2ccccc21)=[N+](C)C.Cc1cc(C(=O)O)no1.F[P-](F)(F)(F)(F)F. The van der Waals surface area contributed by atoms with Crippen molar-refractivity contribution >= 4 is 115 Å². The zero-order valence-corrected chi connectivity index (χ0v) is 78.8. The summed E-state index contributed by atoms with van der Waals surface area (Å²) in [5, 5.41) is 32.0. The van der Waals surface area contributed by atoms with Gasteiger partial charge in [0.15, 0.2) is 23.0 Å². The quantitative estimate of drug-likeness (QED) is 0.0125. The number of aromatic nitrogens is 7. The van der Waals surface area contributed by atoms with Crippen LogP contribution in [0.1, 0.15) is 184 Å². The van der Waals surface area contributed by atoms with E-state index in [2.05, 4.69) is 88.2 Å². The first-order chi connectivity index (χ1) is 63.5. The first-order valence-electron chi connectivity index (χ1n) is 45.4. The van der Waals surface area contributed by atoms with E-state index in [4.69, 9.17) is 49.1 Å². The molecule has 5 aromatic heterocycles. The van der Waals surface area contributed by atoms with Gasteiger partial charge in [-0.2, -0.15) is 0 Å². The third-order valence-corrected chi connectivity index (χ3v) is 24.2. The fraction of sp³-hybridized carbons (Fsp3) is 0.474. The molecule has 0 spiro atoms. The molecule has 10 atom stereocenters. The fourth-order valence-electron chi connectivity index (χ4n) is 17.7. The van der Waals surface area contributed by atoms with Crippen molar-refractivity contribution in [3.63, 3.8) is 0 Å². The van der Waals surface area contributed by atoms with Gasteiger partial charge >= 0.3 is 56.9 Å². The number of halogens is 6.